The van der Waals surface area contributed by atoms with Gasteiger partial charge in [-0.3, -0.25) is 0 Å². The van der Waals surface area contributed by atoms with Crippen molar-refractivity contribution >= 4 is 77.8 Å². The maximum Gasteiger partial charge on any atom is 2.00 e. The summed E-state index contributed by atoms with van der Waals surface area (Å²) in [5.74, 6) is 0. The summed E-state index contributed by atoms with van der Waals surface area (Å²) < 4.78 is 322. The van der Waals surface area contributed by atoms with E-state index in [4.69, 9.17) is 0 Å². The van der Waals surface area contributed by atoms with Crippen molar-refractivity contribution in [1.82, 2.24) is 0 Å². The van der Waals surface area contributed by atoms with Gasteiger partial charge in [0.1, 0.15) is 0 Å². The van der Waals surface area contributed by atoms with Crippen molar-refractivity contribution in [3.05, 3.63) is 8.25 Å². The quantitative estimate of drug-likeness (QED) is 0.260. The Kier molecular flexibility index (Phi) is 13.8. The fourth-order valence-corrected chi connectivity index (χ4v) is 5.77. The van der Waals surface area contributed by atoms with E-state index in [1.54, 1.807) is 0 Å². The monoisotopic (exact) mass is 800 g/mol. The van der Waals surface area contributed by atoms with Gasteiger partial charge >= 0.3 is 83.5 Å². The van der Waals surface area contributed by atoms with Crippen molar-refractivity contribution in [2.45, 2.75) is 45.7 Å². The standard InChI is InChI=1S/2C4F10NO4S2.Ca/c2*5-1(6,7)3(11,12)20(16,17)15-21(18,19)4(13,14)2(8,9)10;/q2*-1;+2. The molecule has 0 aliphatic carbocycles. The van der Waals surface area contributed by atoms with Crippen molar-refractivity contribution in [2.75, 3.05) is 0 Å². The molecule has 0 rings (SSSR count). The number of alkyl halides is 20. The third-order valence-corrected chi connectivity index (χ3v) is 9.67. The van der Waals surface area contributed by atoms with Crippen LogP contribution < -0.4 is 0 Å². The van der Waals surface area contributed by atoms with Gasteiger partial charge in [-0.15, -0.1) is 0 Å². The largest absolute Gasteiger partial charge is 2.00 e. The molecule has 0 amide bonds. The van der Waals surface area contributed by atoms with Crippen LogP contribution in [0.4, 0.5) is 87.8 Å². The maximum atomic E-state index is 12.3. The Labute approximate surface area is 252 Å². The molecule has 43 heavy (non-hydrogen) atoms. The van der Waals surface area contributed by atoms with Crippen molar-refractivity contribution in [3.63, 3.8) is 0 Å². The van der Waals surface area contributed by atoms with Crippen molar-refractivity contribution in [2.24, 2.45) is 0 Å². The smallest absolute Gasteiger partial charge is 0.425 e. The summed E-state index contributed by atoms with van der Waals surface area (Å²) in [4.78, 5) is 0. The van der Waals surface area contributed by atoms with Crippen LogP contribution in [0.2, 0.25) is 0 Å². The predicted octanol–water partition coefficient (Wildman–Crippen LogP) is 4.28. The van der Waals surface area contributed by atoms with Gasteiger partial charge in [-0.1, -0.05) is 0 Å². The minimum absolute atomic E-state index is 0. The van der Waals surface area contributed by atoms with Crippen molar-refractivity contribution < 1.29 is 121 Å². The molecule has 0 N–H and O–H groups in total. The normalized spacial score (nSPS) is 15.7. The summed E-state index contributed by atoms with van der Waals surface area (Å²) in [7, 11) is -30.5. The zero-order chi connectivity index (χ0) is 35.4. The van der Waals surface area contributed by atoms with Crippen LogP contribution in [-0.4, -0.2) is 117 Å². The SMILES string of the molecule is O=S(=O)([N-]S(=O)(=O)C(F)(F)C(F)(F)F)C(F)(F)C(F)(F)F.O=S(=O)([N-]S(=O)(=O)C(F)(F)C(F)(F)F)C(F)(F)C(F)(F)F.[Ca+2]. The van der Waals surface area contributed by atoms with E-state index in [2.05, 4.69) is 0 Å². The first-order valence-electron chi connectivity index (χ1n) is 7.66. The third-order valence-electron chi connectivity index (χ3n) is 3.01. The minimum atomic E-state index is -7.62. The molecule has 0 fully saturated rings. The van der Waals surface area contributed by atoms with Gasteiger partial charge in [0.25, 0.3) is 0 Å². The van der Waals surface area contributed by atoms with Crippen LogP contribution in [-0.2, 0) is 40.1 Å². The fraction of sp³-hybridized carbons (Fsp3) is 1.00. The molecule has 0 aliphatic heterocycles. The second-order valence-electron chi connectivity index (χ2n) is 6.11. The number of halogens is 20. The van der Waals surface area contributed by atoms with Crippen LogP contribution in [0.5, 0.6) is 0 Å². The van der Waals surface area contributed by atoms with E-state index in [0.29, 0.717) is 8.25 Å². The molecule has 0 aromatic heterocycles. The fourth-order valence-electron chi connectivity index (χ4n) is 1.03. The Morgan fingerprint density at radius 3 is 0.442 bits per heavy atom. The summed E-state index contributed by atoms with van der Waals surface area (Å²) in [5, 5.41) is -28.0. The third kappa shape index (κ3) is 9.32. The summed E-state index contributed by atoms with van der Waals surface area (Å²) in [5.41, 5.74) is 0. The first-order valence-corrected chi connectivity index (χ1v) is 13.4. The zero-order valence-corrected chi connectivity index (χ0v) is 23.5. The van der Waals surface area contributed by atoms with Crippen molar-refractivity contribution in [1.29, 1.82) is 0 Å². The molecule has 0 bridgehead atoms. The van der Waals surface area contributed by atoms with Gasteiger partial charge in [0.2, 0.25) is 0 Å². The van der Waals surface area contributed by atoms with Crippen LogP contribution in [0.1, 0.15) is 0 Å². The average Bonchev–Trinajstić information content (AvgIpc) is 2.62. The first kappa shape index (κ1) is 47.0. The van der Waals surface area contributed by atoms with Crippen LogP contribution in [0.15, 0.2) is 0 Å². The summed E-state index contributed by atoms with van der Waals surface area (Å²) in [6, 6.07) is 0. The topological polar surface area (TPSA) is 165 Å². The van der Waals surface area contributed by atoms with E-state index < -0.39 is 85.8 Å². The number of nitrogens with zero attached hydrogens (tertiary/aromatic N) is 2. The van der Waals surface area contributed by atoms with E-state index in [9.17, 15) is 121 Å². The molecule has 0 atom stereocenters. The molecule has 256 valence electrons. The van der Waals surface area contributed by atoms with E-state index in [1.165, 1.54) is 0 Å². The number of hydrogen-bond acceptors (Lipinski definition) is 8. The Morgan fingerprint density at radius 1 is 0.279 bits per heavy atom. The van der Waals surface area contributed by atoms with Gasteiger partial charge in [-0.25, -0.2) is 33.7 Å². The Hall–Kier alpha value is -0.420. The van der Waals surface area contributed by atoms with Gasteiger partial charge in [-0.05, 0) is 0 Å². The number of sulfonamides is 4. The number of hydrogen-bond donors (Lipinski definition) is 0. The summed E-state index contributed by atoms with van der Waals surface area (Å²) in [6.45, 7) is 0. The summed E-state index contributed by atoms with van der Waals surface area (Å²) >= 11 is 0. The van der Waals surface area contributed by atoms with Crippen LogP contribution >= 0.6 is 0 Å². The Morgan fingerprint density at radius 2 is 0.372 bits per heavy atom. The second kappa shape index (κ2) is 12.6. The molecule has 0 aromatic carbocycles. The Balaban J connectivity index is -0.000000727. The minimum Gasteiger partial charge on any atom is -0.425 e. The molecular weight excluding hydrogens is 800 g/mol. The van der Waals surface area contributed by atoms with E-state index in [-0.39, 0.29) is 37.7 Å². The van der Waals surface area contributed by atoms with Gasteiger partial charge in [-0.2, -0.15) is 87.8 Å². The van der Waals surface area contributed by atoms with Gasteiger partial charge < -0.3 is 8.25 Å². The van der Waals surface area contributed by atoms with E-state index in [0.717, 1.165) is 0 Å². The van der Waals surface area contributed by atoms with Gasteiger partial charge in [0.05, 0.1) is 0 Å². The maximum absolute atomic E-state index is 12.3. The molecule has 0 spiro atoms. The van der Waals surface area contributed by atoms with Crippen LogP contribution in [0, 0.1) is 0 Å². The van der Waals surface area contributed by atoms with Gasteiger partial charge in [0.15, 0.2) is 40.1 Å². The molecule has 10 nitrogen and oxygen atoms in total. The number of rotatable bonds is 8. The van der Waals surface area contributed by atoms with E-state index in [1.807, 2.05) is 0 Å². The van der Waals surface area contributed by atoms with E-state index >= 15 is 0 Å². The molecule has 35 heteroatoms. The second-order valence-corrected chi connectivity index (χ2v) is 13.2. The molecule has 0 heterocycles. The van der Waals surface area contributed by atoms with Crippen LogP contribution in [0.25, 0.3) is 8.25 Å². The molecular formula is C8CaF20N2O8S4. The predicted molar refractivity (Wildman–Crippen MR) is 92.2 cm³/mol. The van der Waals surface area contributed by atoms with Gasteiger partial charge in [0, 0.05) is 0 Å². The molecule has 0 aliphatic rings. The molecule has 0 saturated heterocycles. The van der Waals surface area contributed by atoms with Crippen LogP contribution in [0.3, 0.4) is 0 Å². The average molecular weight is 800 g/mol. The molecule has 0 radical (unpaired) electrons. The zero-order valence-electron chi connectivity index (χ0n) is 18.1. The van der Waals surface area contributed by atoms with Crippen molar-refractivity contribution in [3.8, 4) is 0 Å². The summed E-state index contributed by atoms with van der Waals surface area (Å²) in [6.07, 6.45) is -28.0. The molecule has 0 aromatic rings. The first-order chi connectivity index (χ1) is 17.4. The molecule has 0 saturated carbocycles. The molecule has 0 unspecified atom stereocenters. The Bertz CT molecular complexity index is 1200.